The highest BCUT2D eigenvalue weighted by Gasteiger charge is 2.55. The number of benzene rings is 1. The number of unbranched alkanes of at least 4 members (excludes halogenated alkanes) is 19. The van der Waals surface area contributed by atoms with E-state index < -0.39 is 35.2 Å². The zero-order valence-corrected chi connectivity index (χ0v) is 29.5. The Morgan fingerprint density at radius 1 is 0.596 bits per heavy atom. The molecule has 0 aliphatic carbocycles. The molecule has 0 aliphatic heterocycles. The van der Waals surface area contributed by atoms with Crippen LogP contribution in [0.2, 0.25) is 0 Å². The molecule has 2 rings (SSSR count). The summed E-state index contributed by atoms with van der Waals surface area (Å²) in [5.74, 6) is 0. The van der Waals surface area contributed by atoms with Gasteiger partial charge in [-0.1, -0.05) is 139 Å². The Labute approximate surface area is 277 Å². The average Bonchev–Trinajstić information content (AvgIpc) is 3.30. The molecule has 1 aromatic heterocycles. The van der Waals surface area contributed by atoms with Crippen molar-refractivity contribution in [1.29, 1.82) is 0 Å². The van der Waals surface area contributed by atoms with Gasteiger partial charge in [0, 0.05) is 0 Å². The van der Waals surface area contributed by atoms with Crippen molar-refractivity contribution in [2.75, 3.05) is 0 Å². The molecule has 0 fully saturated rings. The van der Waals surface area contributed by atoms with Crippen molar-refractivity contribution in [2.45, 2.75) is 153 Å². The smallest absolute Gasteiger partial charge is 0.233 e. The maximum Gasteiger partial charge on any atom is 0.512 e. The zero-order chi connectivity index (χ0) is 35.4. The van der Waals surface area contributed by atoms with Crippen molar-refractivity contribution in [1.82, 2.24) is 8.69 Å². The molecule has 0 saturated heterocycles. The monoisotopic (exact) mass is 722 g/mol. The summed E-state index contributed by atoms with van der Waals surface area (Å²) in [6, 6.07) is 8.73. The van der Waals surface area contributed by atoms with Crippen molar-refractivity contribution >= 4 is 31.1 Å². The minimum Gasteiger partial charge on any atom is -0.233 e. The molecule has 0 atom stereocenters. The van der Waals surface area contributed by atoms with Gasteiger partial charge in [-0.2, -0.15) is 26.3 Å². The summed E-state index contributed by atoms with van der Waals surface area (Å²) < 4.78 is 113. The molecule has 2 aromatic rings. The first-order chi connectivity index (χ1) is 22.0. The van der Waals surface area contributed by atoms with Gasteiger partial charge in [-0.05, 0) is 25.0 Å². The van der Waals surface area contributed by atoms with E-state index in [1.165, 1.54) is 139 Å². The van der Waals surface area contributed by atoms with E-state index in [1.807, 2.05) is 0 Å². The minimum absolute atomic E-state index is 0.493. The summed E-state index contributed by atoms with van der Waals surface area (Å²) in [6.45, 7) is 3.45. The van der Waals surface area contributed by atoms with Crippen molar-refractivity contribution in [3.63, 3.8) is 0 Å². The van der Waals surface area contributed by atoms with Gasteiger partial charge in [-0.3, -0.25) is 0 Å². The number of halogens is 6. The van der Waals surface area contributed by atoms with Crippen LogP contribution in [-0.2, 0) is 33.6 Å². The lowest BCUT2D eigenvalue weighted by Gasteiger charge is -2.11. The summed E-state index contributed by atoms with van der Waals surface area (Å²) >= 11 is 0. The SMILES string of the molecule is CCCCCCCCCCCCCCCCCCCCCCn1c[n+](C)c2ccccc21.O=S(=O)(NS(=O)(=O)C(F)(F)F)C(F)(F)F. The largest absolute Gasteiger partial charge is 0.512 e. The Kier molecular flexibility index (Phi) is 20.2. The van der Waals surface area contributed by atoms with Gasteiger partial charge < -0.3 is 0 Å². The molecule has 47 heavy (non-hydrogen) atoms. The third-order valence-corrected chi connectivity index (χ3v) is 10.9. The molecule has 0 aliphatic rings. The number of rotatable bonds is 23. The van der Waals surface area contributed by atoms with E-state index >= 15 is 0 Å². The number of sulfonamides is 2. The van der Waals surface area contributed by atoms with Gasteiger partial charge in [0.2, 0.25) is 6.33 Å². The second-order valence-electron chi connectivity index (χ2n) is 12.1. The highest BCUT2D eigenvalue weighted by atomic mass is 32.3. The van der Waals surface area contributed by atoms with Crippen LogP contribution in [0.15, 0.2) is 30.6 Å². The van der Waals surface area contributed by atoms with Crippen molar-refractivity contribution in [3.05, 3.63) is 30.6 Å². The molecule has 15 heteroatoms. The molecule has 1 aromatic carbocycles. The molecule has 0 unspecified atom stereocenters. The highest BCUT2D eigenvalue weighted by molar-refractivity contribution is 8.05. The van der Waals surface area contributed by atoms with Crippen molar-refractivity contribution < 1.29 is 47.7 Å². The molecule has 0 radical (unpaired) electrons. The minimum atomic E-state index is -6.60. The average molecular weight is 723 g/mol. The number of alkyl halides is 6. The fourth-order valence-corrected chi connectivity index (χ4v) is 7.20. The third-order valence-electron chi connectivity index (χ3n) is 7.97. The standard InChI is InChI=1S/C30H53N2.C2HF6NO4S2/c1-3-4-5-6-7-8-9-10-11-12-13-14-15-16-17-18-19-20-21-24-27-32-28-31(2)29-25-22-23-26-30(29)32;3-1(4,5)14(10,11)9-15(12,13)2(6,7)8/h22-23,25-26,28H,3-21,24,27H2,1-2H3;9H/q+1;. The zero-order valence-electron chi connectivity index (χ0n) is 27.8. The predicted molar refractivity (Wildman–Crippen MR) is 174 cm³/mol. The maximum absolute atomic E-state index is 11.5. The molecular formula is C32H54F6N3O4S2+. The topological polar surface area (TPSA) is 89.1 Å². The molecule has 274 valence electrons. The predicted octanol–water partition coefficient (Wildman–Crippen LogP) is 9.56. The number of para-hydroxylation sites is 2. The van der Waals surface area contributed by atoms with E-state index in [9.17, 15) is 43.2 Å². The Balaban J connectivity index is 0.000000620. The summed E-state index contributed by atoms with van der Waals surface area (Å²) in [5, 5.41) is 0. The quantitative estimate of drug-likeness (QED) is 0.0703. The Morgan fingerprint density at radius 2 is 0.936 bits per heavy atom. The third kappa shape index (κ3) is 17.4. The summed E-state index contributed by atoms with van der Waals surface area (Å²) in [4.78, 5) is 0. The molecule has 1 heterocycles. The number of hydrogen-bond donors (Lipinski definition) is 1. The first kappa shape index (κ1) is 43.2. The molecular weight excluding hydrogens is 668 g/mol. The van der Waals surface area contributed by atoms with Crippen LogP contribution in [0, 0.1) is 0 Å². The van der Waals surface area contributed by atoms with Crippen LogP contribution in [0.4, 0.5) is 26.3 Å². The van der Waals surface area contributed by atoms with E-state index in [-0.39, 0.29) is 0 Å². The molecule has 1 N–H and O–H groups in total. The fraction of sp³-hybridized carbons (Fsp3) is 0.781. The molecule has 7 nitrogen and oxygen atoms in total. The first-order valence-electron chi connectivity index (χ1n) is 16.9. The maximum atomic E-state index is 11.5. The number of nitrogens with one attached hydrogen (secondary N) is 1. The van der Waals surface area contributed by atoms with E-state index in [0.717, 1.165) is 6.54 Å². The molecule has 0 saturated carbocycles. The van der Waals surface area contributed by atoms with E-state index in [2.05, 4.69) is 53.7 Å². The van der Waals surface area contributed by atoms with Crippen molar-refractivity contribution in [3.8, 4) is 0 Å². The number of hydrogen-bond acceptors (Lipinski definition) is 4. The second-order valence-corrected chi connectivity index (χ2v) is 15.7. The second kappa shape index (κ2) is 22.0. The van der Waals surface area contributed by atoms with Gasteiger partial charge in [0.15, 0.2) is 11.0 Å². The van der Waals surface area contributed by atoms with Crippen LogP contribution in [0.5, 0.6) is 0 Å². The number of aromatic nitrogens is 2. The molecule has 0 bridgehead atoms. The highest BCUT2D eigenvalue weighted by Crippen LogP contribution is 2.27. The van der Waals surface area contributed by atoms with Crippen LogP contribution in [0.25, 0.3) is 11.0 Å². The van der Waals surface area contributed by atoms with Gasteiger partial charge in [0.05, 0.1) is 13.6 Å². The van der Waals surface area contributed by atoms with Gasteiger partial charge in [-0.15, -0.1) is 0 Å². The van der Waals surface area contributed by atoms with Gasteiger partial charge in [0.25, 0.3) is 0 Å². The van der Waals surface area contributed by atoms with Crippen LogP contribution in [0.1, 0.15) is 135 Å². The number of nitrogens with zero attached hydrogens (tertiary/aromatic N) is 2. The summed E-state index contributed by atoms with van der Waals surface area (Å²) in [5.41, 5.74) is -9.59. The fourth-order valence-electron chi connectivity index (χ4n) is 5.29. The van der Waals surface area contributed by atoms with Crippen LogP contribution >= 0.6 is 0 Å². The Morgan fingerprint density at radius 3 is 1.30 bits per heavy atom. The van der Waals surface area contributed by atoms with E-state index in [4.69, 9.17) is 0 Å². The lowest BCUT2D eigenvalue weighted by atomic mass is 10.0. The summed E-state index contributed by atoms with van der Waals surface area (Å²) in [7, 11) is -11.0. The Hall–Kier alpha value is -1.87. The first-order valence-corrected chi connectivity index (χ1v) is 19.8. The van der Waals surface area contributed by atoms with E-state index in [1.54, 1.807) is 0 Å². The summed E-state index contributed by atoms with van der Waals surface area (Å²) in [6.07, 6.45) is 31.1. The Bertz CT molecular complexity index is 1300. The van der Waals surface area contributed by atoms with Crippen LogP contribution in [0.3, 0.4) is 0 Å². The van der Waals surface area contributed by atoms with E-state index in [0.29, 0.717) is 0 Å². The lowest BCUT2D eigenvalue weighted by Crippen LogP contribution is -2.45. The number of imidazole rings is 1. The van der Waals surface area contributed by atoms with Gasteiger partial charge >= 0.3 is 31.1 Å². The van der Waals surface area contributed by atoms with Crippen LogP contribution in [-0.4, -0.2) is 32.4 Å². The van der Waals surface area contributed by atoms with Gasteiger partial charge in [0.1, 0.15) is 0 Å². The normalized spacial score (nSPS) is 12.8. The van der Waals surface area contributed by atoms with Crippen LogP contribution < -0.4 is 8.69 Å². The lowest BCUT2D eigenvalue weighted by molar-refractivity contribution is -0.645. The molecule has 0 spiro atoms. The number of aryl methyl sites for hydroxylation is 2. The van der Waals surface area contributed by atoms with Crippen molar-refractivity contribution in [2.24, 2.45) is 7.05 Å². The molecule has 0 amide bonds. The van der Waals surface area contributed by atoms with Gasteiger partial charge in [-0.25, -0.2) is 26.0 Å². The number of fused-ring (bicyclic) bond motifs is 1.